The van der Waals surface area contributed by atoms with Crippen LogP contribution in [-0.4, -0.2) is 42.5 Å². The minimum atomic E-state index is -0.317. The second-order valence-corrected chi connectivity index (χ2v) is 9.16. The lowest BCUT2D eigenvalue weighted by Crippen LogP contribution is -2.33. The summed E-state index contributed by atoms with van der Waals surface area (Å²) in [5, 5.41) is 24.2. The molecule has 0 fully saturated rings. The van der Waals surface area contributed by atoms with Crippen LogP contribution in [0.1, 0.15) is 48.0 Å². The first kappa shape index (κ1) is 22.9. The van der Waals surface area contributed by atoms with Crippen molar-refractivity contribution in [2.45, 2.75) is 38.4 Å². The van der Waals surface area contributed by atoms with E-state index in [4.69, 9.17) is 0 Å². The molecule has 3 rings (SSSR count). The van der Waals surface area contributed by atoms with E-state index in [0.29, 0.717) is 21.7 Å². The van der Waals surface area contributed by atoms with Crippen LogP contribution in [0.5, 0.6) is 0 Å². The van der Waals surface area contributed by atoms with Gasteiger partial charge in [-0.05, 0) is 24.5 Å². The van der Waals surface area contributed by atoms with Crippen molar-refractivity contribution in [2.75, 3.05) is 11.1 Å². The molecule has 3 aromatic rings. The minimum Gasteiger partial charge on any atom is -0.342 e. The summed E-state index contributed by atoms with van der Waals surface area (Å²) in [5.74, 6) is 0.543. The number of aromatic nitrogens is 5. The molecule has 2 heterocycles. The summed E-state index contributed by atoms with van der Waals surface area (Å²) in [6.45, 7) is 6.01. The molecule has 0 aliphatic heterocycles. The third-order valence-corrected chi connectivity index (χ3v) is 6.49. The van der Waals surface area contributed by atoms with Gasteiger partial charge in [0.25, 0.3) is 5.91 Å². The maximum Gasteiger partial charge on any atom is 0.251 e. The summed E-state index contributed by atoms with van der Waals surface area (Å²) in [5.41, 5.74) is 0.587. The Morgan fingerprint density at radius 1 is 1.13 bits per heavy atom. The Kier molecular flexibility index (Phi) is 7.75. The standard InChI is InChI=1S/C20H25N7O2S2/c1-5-15-23-25-19(31-15)21-14(28)11-30-20-26-24-17(27(20)4)16(12(2)3)22-18(29)13-9-7-6-8-10-13/h6-10,12,16H,5,11H2,1-4H3,(H,22,29)(H,21,25,28). The fourth-order valence-electron chi connectivity index (χ4n) is 2.80. The molecule has 0 saturated heterocycles. The lowest BCUT2D eigenvalue weighted by Gasteiger charge is -2.21. The zero-order valence-corrected chi connectivity index (χ0v) is 19.5. The minimum absolute atomic E-state index is 0.0990. The molecular formula is C20H25N7O2S2. The van der Waals surface area contributed by atoms with Crippen molar-refractivity contribution in [2.24, 2.45) is 13.0 Å². The second kappa shape index (κ2) is 10.5. The third-order valence-electron chi connectivity index (χ3n) is 4.48. The van der Waals surface area contributed by atoms with Gasteiger partial charge >= 0.3 is 0 Å². The van der Waals surface area contributed by atoms with Crippen molar-refractivity contribution < 1.29 is 9.59 Å². The highest BCUT2D eigenvalue weighted by molar-refractivity contribution is 7.99. The van der Waals surface area contributed by atoms with Gasteiger partial charge in [0.2, 0.25) is 11.0 Å². The summed E-state index contributed by atoms with van der Waals surface area (Å²) in [4.78, 5) is 24.9. The van der Waals surface area contributed by atoms with Gasteiger partial charge in [0, 0.05) is 12.6 Å². The van der Waals surface area contributed by atoms with Crippen LogP contribution < -0.4 is 10.6 Å². The summed E-state index contributed by atoms with van der Waals surface area (Å²) >= 11 is 2.64. The SMILES string of the molecule is CCc1nnc(NC(=O)CSc2nnc(C(NC(=O)c3ccccc3)C(C)C)n2C)s1. The number of anilines is 1. The lowest BCUT2D eigenvalue weighted by molar-refractivity contribution is -0.113. The Balaban J connectivity index is 1.64. The van der Waals surface area contributed by atoms with Gasteiger partial charge in [0.1, 0.15) is 5.01 Å². The van der Waals surface area contributed by atoms with Gasteiger partial charge in [-0.3, -0.25) is 14.9 Å². The van der Waals surface area contributed by atoms with E-state index in [9.17, 15) is 9.59 Å². The molecule has 2 aromatic heterocycles. The number of hydrogen-bond acceptors (Lipinski definition) is 8. The zero-order chi connectivity index (χ0) is 22.4. The van der Waals surface area contributed by atoms with Crippen LogP contribution in [0.15, 0.2) is 35.5 Å². The van der Waals surface area contributed by atoms with E-state index in [0.717, 1.165) is 11.4 Å². The number of amides is 2. The Bertz CT molecular complexity index is 1030. The fourth-order valence-corrected chi connectivity index (χ4v) is 4.21. The molecule has 0 saturated carbocycles. The summed E-state index contributed by atoms with van der Waals surface area (Å²) < 4.78 is 1.81. The van der Waals surface area contributed by atoms with Crippen LogP contribution in [0.4, 0.5) is 5.13 Å². The molecule has 1 aromatic carbocycles. The Labute approximate surface area is 189 Å². The van der Waals surface area contributed by atoms with E-state index in [1.165, 1.54) is 23.1 Å². The van der Waals surface area contributed by atoms with Crippen molar-refractivity contribution in [3.8, 4) is 0 Å². The monoisotopic (exact) mass is 459 g/mol. The molecule has 0 aliphatic carbocycles. The molecule has 11 heteroatoms. The fraction of sp³-hybridized carbons (Fsp3) is 0.400. The largest absolute Gasteiger partial charge is 0.342 e. The van der Waals surface area contributed by atoms with Crippen molar-refractivity contribution in [3.63, 3.8) is 0 Å². The number of hydrogen-bond donors (Lipinski definition) is 2. The number of nitrogens with zero attached hydrogens (tertiary/aromatic N) is 5. The number of nitrogens with one attached hydrogen (secondary N) is 2. The van der Waals surface area contributed by atoms with E-state index in [1.807, 2.05) is 50.6 Å². The maximum absolute atomic E-state index is 12.6. The Morgan fingerprint density at radius 3 is 2.52 bits per heavy atom. The van der Waals surface area contributed by atoms with Gasteiger partial charge in [-0.2, -0.15) is 0 Å². The molecule has 0 spiro atoms. The van der Waals surface area contributed by atoms with Crippen LogP contribution >= 0.6 is 23.1 Å². The van der Waals surface area contributed by atoms with E-state index >= 15 is 0 Å². The molecule has 9 nitrogen and oxygen atoms in total. The topological polar surface area (TPSA) is 115 Å². The van der Waals surface area contributed by atoms with Crippen molar-refractivity contribution >= 4 is 40.0 Å². The number of carbonyl (C=O) groups is 2. The molecule has 164 valence electrons. The Morgan fingerprint density at radius 2 is 1.87 bits per heavy atom. The van der Waals surface area contributed by atoms with Gasteiger partial charge < -0.3 is 9.88 Å². The summed E-state index contributed by atoms with van der Waals surface area (Å²) in [7, 11) is 1.83. The number of aryl methyl sites for hydroxylation is 1. The highest BCUT2D eigenvalue weighted by atomic mass is 32.2. The lowest BCUT2D eigenvalue weighted by atomic mass is 10.0. The average Bonchev–Trinajstić information content (AvgIpc) is 3.37. The van der Waals surface area contributed by atoms with Gasteiger partial charge in [-0.15, -0.1) is 20.4 Å². The summed E-state index contributed by atoms with van der Waals surface area (Å²) in [6.07, 6.45) is 0.780. The van der Waals surface area contributed by atoms with Crippen LogP contribution in [0.25, 0.3) is 0 Å². The van der Waals surface area contributed by atoms with E-state index in [1.54, 1.807) is 12.1 Å². The van der Waals surface area contributed by atoms with Crippen LogP contribution in [0.2, 0.25) is 0 Å². The molecule has 0 radical (unpaired) electrons. The smallest absolute Gasteiger partial charge is 0.251 e. The summed E-state index contributed by atoms with van der Waals surface area (Å²) in [6, 6.07) is 8.74. The molecule has 1 unspecified atom stereocenters. The van der Waals surface area contributed by atoms with Crippen LogP contribution in [-0.2, 0) is 18.3 Å². The zero-order valence-electron chi connectivity index (χ0n) is 17.8. The van der Waals surface area contributed by atoms with Gasteiger partial charge in [0.15, 0.2) is 11.0 Å². The average molecular weight is 460 g/mol. The van der Waals surface area contributed by atoms with E-state index < -0.39 is 0 Å². The number of rotatable bonds is 9. The highest BCUT2D eigenvalue weighted by Crippen LogP contribution is 2.25. The molecule has 0 bridgehead atoms. The van der Waals surface area contributed by atoms with Crippen LogP contribution in [0, 0.1) is 5.92 Å². The number of benzene rings is 1. The van der Waals surface area contributed by atoms with Crippen molar-refractivity contribution in [1.29, 1.82) is 0 Å². The first-order valence-corrected chi connectivity index (χ1v) is 11.7. The molecular weight excluding hydrogens is 434 g/mol. The Hall–Kier alpha value is -2.79. The van der Waals surface area contributed by atoms with E-state index in [2.05, 4.69) is 31.0 Å². The third kappa shape index (κ3) is 5.88. The molecule has 1 atom stereocenters. The van der Waals surface area contributed by atoms with Crippen LogP contribution in [0.3, 0.4) is 0 Å². The van der Waals surface area contributed by atoms with Gasteiger partial charge in [-0.25, -0.2) is 0 Å². The molecule has 2 N–H and O–H groups in total. The first-order chi connectivity index (χ1) is 14.9. The first-order valence-electron chi connectivity index (χ1n) is 9.89. The maximum atomic E-state index is 12.6. The van der Waals surface area contributed by atoms with Crippen molar-refractivity contribution in [1.82, 2.24) is 30.3 Å². The normalized spacial score (nSPS) is 12.0. The van der Waals surface area contributed by atoms with E-state index in [-0.39, 0.29) is 29.5 Å². The number of carbonyl (C=O) groups excluding carboxylic acids is 2. The second-order valence-electron chi connectivity index (χ2n) is 7.15. The highest BCUT2D eigenvalue weighted by Gasteiger charge is 2.25. The predicted molar refractivity (Wildman–Crippen MR) is 121 cm³/mol. The molecule has 0 aliphatic rings. The molecule has 2 amide bonds. The molecule has 31 heavy (non-hydrogen) atoms. The predicted octanol–water partition coefficient (Wildman–Crippen LogP) is 3.09. The quantitative estimate of drug-likeness (QED) is 0.473. The van der Waals surface area contributed by atoms with Crippen molar-refractivity contribution in [3.05, 3.63) is 46.7 Å². The van der Waals surface area contributed by atoms with Gasteiger partial charge in [0.05, 0.1) is 11.8 Å². The van der Waals surface area contributed by atoms with Gasteiger partial charge in [-0.1, -0.05) is 62.1 Å². The number of thioether (sulfide) groups is 1.